The van der Waals surface area contributed by atoms with E-state index in [1.807, 2.05) is 17.5 Å². The summed E-state index contributed by atoms with van der Waals surface area (Å²) in [5, 5.41) is 1.86. The van der Waals surface area contributed by atoms with Crippen molar-refractivity contribution in [2.75, 3.05) is 0 Å². The van der Waals surface area contributed by atoms with Gasteiger partial charge in [-0.05, 0) is 58.0 Å². The Morgan fingerprint density at radius 1 is 0.852 bits per heavy atom. The fourth-order valence-electron chi connectivity index (χ4n) is 3.04. The number of hydrogen-bond donors (Lipinski definition) is 0. The molecule has 5 heteroatoms. The van der Waals surface area contributed by atoms with Crippen LogP contribution >= 0.6 is 11.3 Å². The van der Waals surface area contributed by atoms with Crippen molar-refractivity contribution in [3.05, 3.63) is 101 Å². The van der Waals surface area contributed by atoms with Gasteiger partial charge in [0, 0.05) is 35.3 Å². The molecule has 0 bridgehead atoms. The van der Waals surface area contributed by atoms with Crippen molar-refractivity contribution in [1.29, 1.82) is 0 Å². The van der Waals surface area contributed by atoms with E-state index in [4.69, 9.17) is 0 Å². The summed E-state index contributed by atoms with van der Waals surface area (Å²) in [5.41, 5.74) is 3.79. The topological polar surface area (TPSA) is 12.9 Å². The van der Waals surface area contributed by atoms with Crippen LogP contribution in [-0.4, -0.2) is 4.98 Å². The van der Waals surface area contributed by atoms with Gasteiger partial charge in [-0.15, -0.1) is 11.3 Å². The third-order valence-electron chi connectivity index (χ3n) is 4.33. The van der Waals surface area contributed by atoms with E-state index in [2.05, 4.69) is 4.98 Å². The average molecular weight is 381 g/mol. The normalized spacial score (nSPS) is 10.9. The SMILES string of the molecule is Fc1ccc(-c2scc(-c3ccc(F)cc3F)c2Cc2cccnc2)cc1. The van der Waals surface area contributed by atoms with E-state index in [1.165, 1.54) is 35.6 Å². The highest BCUT2D eigenvalue weighted by Gasteiger charge is 2.18. The highest BCUT2D eigenvalue weighted by molar-refractivity contribution is 7.14. The van der Waals surface area contributed by atoms with Crippen molar-refractivity contribution in [3.8, 4) is 21.6 Å². The maximum absolute atomic E-state index is 14.4. The molecule has 4 aromatic rings. The van der Waals surface area contributed by atoms with E-state index in [0.717, 1.165) is 27.6 Å². The molecule has 27 heavy (non-hydrogen) atoms. The van der Waals surface area contributed by atoms with Crippen LogP contribution in [0.25, 0.3) is 21.6 Å². The Hall–Kier alpha value is -2.92. The smallest absolute Gasteiger partial charge is 0.133 e. The Morgan fingerprint density at radius 2 is 1.63 bits per heavy atom. The minimum atomic E-state index is -0.612. The van der Waals surface area contributed by atoms with Crippen LogP contribution < -0.4 is 0 Å². The highest BCUT2D eigenvalue weighted by Crippen LogP contribution is 2.40. The first-order valence-electron chi connectivity index (χ1n) is 8.32. The summed E-state index contributed by atoms with van der Waals surface area (Å²) in [6.45, 7) is 0. The second kappa shape index (κ2) is 7.37. The highest BCUT2D eigenvalue weighted by atomic mass is 32.1. The molecule has 0 radical (unpaired) electrons. The van der Waals surface area contributed by atoms with Gasteiger partial charge in [0.15, 0.2) is 0 Å². The lowest BCUT2D eigenvalue weighted by atomic mass is 9.95. The zero-order valence-electron chi connectivity index (χ0n) is 14.1. The van der Waals surface area contributed by atoms with Gasteiger partial charge in [0.25, 0.3) is 0 Å². The third kappa shape index (κ3) is 3.64. The first kappa shape index (κ1) is 17.5. The second-order valence-electron chi connectivity index (χ2n) is 6.13. The molecular formula is C22H14F3NS. The Balaban J connectivity index is 1.87. The summed E-state index contributed by atoms with van der Waals surface area (Å²) < 4.78 is 41.1. The standard InChI is InChI=1S/C22H14F3NS/c23-16-5-3-15(4-6-16)22-19(10-14-2-1-9-26-12-14)20(13-27-22)18-8-7-17(24)11-21(18)25/h1-9,11-13H,10H2. The Kier molecular flexibility index (Phi) is 4.77. The molecule has 2 aromatic carbocycles. The van der Waals surface area contributed by atoms with Crippen molar-refractivity contribution in [2.24, 2.45) is 0 Å². The first-order chi connectivity index (χ1) is 13.1. The largest absolute Gasteiger partial charge is 0.264 e. The maximum atomic E-state index is 14.4. The van der Waals surface area contributed by atoms with Gasteiger partial charge < -0.3 is 0 Å². The van der Waals surface area contributed by atoms with Crippen LogP contribution in [0.1, 0.15) is 11.1 Å². The van der Waals surface area contributed by atoms with Gasteiger partial charge in [0.1, 0.15) is 17.5 Å². The van der Waals surface area contributed by atoms with Gasteiger partial charge in [-0.2, -0.15) is 0 Å². The summed E-state index contributed by atoms with van der Waals surface area (Å²) in [6, 6.07) is 13.6. The molecule has 0 spiro atoms. The van der Waals surface area contributed by atoms with Crippen molar-refractivity contribution in [1.82, 2.24) is 4.98 Å². The summed E-state index contributed by atoms with van der Waals surface area (Å²) in [5.74, 6) is -1.53. The maximum Gasteiger partial charge on any atom is 0.133 e. The molecule has 0 amide bonds. The summed E-state index contributed by atoms with van der Waals surface area (Å²) in [6.07, 6.45) is 3.99. The van der Waals surface area contributed by atoms with Crippen LogP contribution in [0.4, 0.5) is 13.2 Å². The van der Waals surface area contributed by atoms with Crippen LogP contribution in [0, 0.1) is 17.5 Å². The van der Waals surface area contributed by atoms with Gasteiger partial charge in [0.2, 0.25) is 0 Å². The summed E-state index contributed by atoms with van der Waals surface area (Å²) >= 11 is 1.46. The Morgan fingerprint density at radius 3 is 2.33 bits per heavy atom. The number of nitrogens with zero attached hydrogens (tertiary/aromatic N) is 1. The Labute approximate surface area is 158 Å². The van der Waals surface area contributed by atoms with E-state index >= 15 is 0 Å². The van der Waals surface area contributed by atoms with Crippen LogP contribution in [0.3, 0.4) is 0 Å². The molecular weight excluding hydrogens is 367 g/mol. The van der Waals surface area contributed by atoms with E-state index in [-0.39, 0.29) is 5.82 Å². The monoisotopic (exact) mass is 381 g/mol. The fourth-order valence-corrected chi connectivity index (χ4v) is 4.14. The third-order valence-corrected chi connectivity index (χ3v) is 5.40. The van der Waals surface area contributed by atoms with E-state index in [1.54, 1.807) is 24.5 Å². The first-order valence-corrected chi connectivity index (χ1v) is 9.20. The van der Waals surface area contributed by atoms with Crippen molar-refractivity contribution >= 4 is 11.3 Å². The molecule has 0 saturated carbocycles. The lowest BCUT2D eigenvalue weighted by Gasteiger charge is -2.10. The van der Waals surface area contributed by atoms with Gasteiger partial charge in [-0.25, -0.2) is 13.2 Å². The molecule has 0 aliphatic rings. The van der Waals surface area contributed by atoms with Gasteiger partial charge in [0.05, 0.1) is 0 Å². The van der Waals surface area contributed by atoms with E-state index < -0.39 is 11.6 Å². The van der Waals surface area contributed by atoms with Crippen LogP contribution in [0.15, 0.2) is 72.4 Å². The molecule has 0 aliphatic carbocycles. The van der Waals surface area contributed by atoms with Crippen molar-refractivity contribution in [3.63, 3.8) is 0 Å². The summed E-state index contributed by atoms with van der Waals surface area (Å²) in [7, 11) is 0. The minimum absolute atomic E-state index is 0.311. The van der Waals surface area contributed by atoms with Crippen LogP contribution in [0.5, 0.6) is 0 Å². The predicted octanol–water partition coefficient (Wildman–Crippen LogP) is 6.49. The molecule has 2 aromatic heterocycles. The number of hydrogen-bond acceptors (Lipinski definition) is 2. The number of thiophene rings is 1. The Bertz CT molecular complexity index is 1070. The molecule has 4 rings (SSSR count). The molecule has 0 unspecified atom stereocenters. The van der Waals surface area contributed by atoms with Crippen LogP contribution in [0.2, 0.25) is 0 Å². The van der Waals surface area contributed by atoms with Gasteiger partial charge in [-0.1, -0.05) is 18.2 Å². The number of halogens is 3. The number of pyridine rings is 1. The molecule has 134 valence electrons. The molecule has 2 heterocycles. The van der Waals surface area contributed by atoms with Crippen LogP contribution in [-0.2, 0) is 6.42 Å². The van der Waals surface area contributed by atoms with E-state index in [9.17, 15) is 13.2 Å². The number of rotatable bonds is 4. The van der Waals surface area contributed by atoms with Gasteiger partial charge in [-0.3, -0.25) is 4.98 Å². The van der Waals surface area contributed by atoms with Crippen molar-refractivity contribution in [2.45, 2.75) is 6.42 Å². The second-order valence-corrected chi connectivity index (χ2v) is 7.01. The minimum Gasteiger partial charge on any atom is -0.264 e. The lowest BCUT2D eigenvalue weighted by Crippen LogP contribution is -1.94. The molecule has 0 aliphatic heterocycles. The lowest BCUT2D eigenvalue weighted by molar-refractivity contribution is 0.585. The molecule has 0 atom stereocenters. The van der Waals surface area contributed by atoms with Gasteiger partial charge >= 0.3 is 0 Å². The molecule has 1 nitrogen and oxygen atoms in total. The zero-order chi connectivity index (χ0) is 18.8. The number of benzene rings is 2. The van der Waals surface area contributed by atoms with Crippen molar-refractivity contribution < 1.29 is 13.2 Å². The molecule has 0 N–H and O–H groups in total. The predicted molar refractivity (Wildman–Crippen MR) is 102 cm³/mol. The number of aromatic nitrogens is 1. The zero-order valence-corrected chi connectivity index (χ0v) is 14.9. The van der Waals surface area contributed by atoms with E-state index in [0.29, 0.717) is 17.5 Å². The molecule has 0 saturated heterocycles. The molecule has 0 fully saturated rings. The quantitative estimate of drug-likeness (QED) is 0.394. The average Bonchev–Trinajstić information content (AvgIpc) is 3.06. The summed E-state index contributed by atoms with van der Waals surface area (Å²) in [4.78, 5) is 5.07. The fraction of sp³-hybridized carbons (Fsp3) is 0.0455.